The van der Waals surface area contributed by atoms with Crippen LogP contribution in [0.5, 0.6) is 0 Å². The summed E-state index contributed by atoms with van der Waals surface area (Å²) >= 11 is 5.43. The van der Waals surface area contributed by atoms with Gasteiger partial charge in [-0.1, -0.05) is 11.6 Å². The van der Waals surface area contributed by atoms with Crippen LogP contribution < -0.4 is 5.73 Å². The standard InChI is InChI=1S/C9H6ClF2N3/c10-7-6(11)2-1-4(8(7)12)5-3-14-15-9(5)13/h1-3H,(H3,13,14,15). The summed E-state index contributed by atoms with van der Waals surface area (Å²) in [6, 6.07) is 2.34. The first kappa shape index (κ1) is 9.92. The van der Waals surface area contributed by atoms with Crippen LogP contribution in [0.2, 0.25) is 5.02 Å². The number of aromatic amines is 1. The Morgan fingerprint density at radius 3 is 2.60 bits per heavy atom. The summed E-state index contributed by atoms with van der Waals surface area (Å²) in [7, 11) is 0. The van der Waals surface area contributed by atoms with Gasteiger partial charge < -0.3 is 5.73 Å². The molecule has 0 spiro atoms. The van der Waals surface area contributed by atoms with Crippen molar-refractivity contribution in [3.63, 3.8) is 0 Å². The van der Waals surface area contributed by atoms with Crippen molar-refractivity contribution in [1.29, 1.82) is 0 Å². The number of rotatable bonds is 1. The van der Waals surface area contributed by atoms with Gasteiger partial charge in [0.25, 0.3) is 0 Å². The molecule has 3 nitrogen and oxygen atoms in total. The molecule has 2 rings (SSSR count). The zero-order valence-electron chi connectivity index (χ0n) is 7.39. The molecule has 0 fully saturated rings. The first-order valence-corrected chi connectivity index (χ1v) is 4.41. The minimum Gasteiger partial charge on any atom is -0.384 e. The number of hydrogen-bond acceptors (Lipinski definition) is 2. The molecule has 3 N–H and O–H groups in total. The third kappa shape index (κ3) is 1.55. The highest BCUT2D eigenvalue weighted by atomic mass is 35.5. The molecule has 0 aliphatic heterocycles. The average Bonchev–Trinajstić information content (AvgIpc) is 2.62. The van der Waals surface area contributed by atoms with Gasteiger partial charge >= 0.3 is 0 Å². The molecular weight excluding hydrogens is 224 g/mol. The molecule has 1 aromatic carbocycles. The number of aromatic nitrogens is 2. The number of halogens is 3. The Labute approximate surface area is 88.9 Å². The lowest BCUT2D eigenvalue weighted by Crippen LogP contribution is -1.92. The van der Waals surface area contributed by atoms with E-state index in [-0.39, 0.29) is 11.4 Å². The van der Waals surface area contributed by atoms with E-state index in [2.05, 4.69) is 10.2 Å². The number of nitrogens with one attached hydrogen (secondary N) is 1. The zero-order chi connectivity index (χ0) is 11.0. The number of nitrogens with zero attached hydrogens (tertiary/aromatic N) is 1. The second-order valence-corrected chi connectivity index (χ2v) is 3.30. The van der Waals surface area contributed by atoms with E-state index in [4.69, 9.17) is 17.3 Å². The van der Waals surface area contributed by atoms with E-state index in [1.165, 1.54) is 12.3 Å². The largest absolute Gasteiger partial charge is 0.384 e. The third-order valence-electron chi connectivity index (χ3n) is 1.99. The van der Waals surface area contributed by atoms with Gasteiger partial charge in [-0.05, 0) is 12.1 Å². The Balaban J connectivity index is 2.65. The fourth-order valence-corrected chi connectivity index (χ4v) is 1.41. The lowest BCUT2D eigenvalue weighted by molar-refractivity contribution is 0.586. The maximum atomic E-state index is 13.5. The fourth-order valence-electron chi connectivity index (χ4n) is 1.24. The van der Waals surface area contributed by atoms with E-state index >= 15 is 0 Å². The van der Waals surface area contributed by atoms with Gasteiger partial charge in [-0.2, -0.15) is 5.10 Å². The molecule has 1 aromatic heterocycles. The van der Waals surface area contributed by atoms with Gasteiger partial charge in [0, 0.05) is 11.1 Å². The van der Waals surface area contributed by atoms with Crippen LogP contribution in [0.3, 0.4) is 0 Å². The number of anilines is 1. The summed E-state index contributed by atoms with van der Waals surface area (Å²) in [6.45, 7) is 0. The molecule has 0 aliphatic carbocycles. The summed E-state index contributed by atoms with van der Waals surface area (Å²) in [5.41, 5.74) is 5.98. The van der Waals surface area contributed by atoms with E-state index in [0.29, 0.717) is 5.56 Å². The predicted molar refractivity (Wildman–Crippen MR) is 53.4 cm³/mol. The van der Waals surface area contributed by atoms with Crippen molar-refractivity contribution in [3.8, 4) is 11.1 Å². The third-order valence-corrected chi connectivity index (χ3v) is 2.34. The van der Waals surface area contributed by atoms with Crippen LogP contribution in [0.1, 0.15) is 0 Å². The predicted octanol–water partition coefficient (Wildman–Crippen LogP) is 2.59. The topological polar surface area (TPSA) is 54.7 Å². The Hall–Kier alpha value is -1.62. The SMILES string of the molecule is Nc1[nH]ncc1-c1ccc(F)c(Cl)c1F. The molecule has 0 bridgehead atoms. The fraction of sp³-hybridized carbons (Fsp3) is 0. The van der Waals surface area contributed by atoms with Crippen molar-refractivity contribution in [2.45, 2.75) is 0 Å². The second kappa shape index (κ2) is 3.51. The lowest BCUT2D eigenvalue weighted by Gasteiger charge is -2.03. The molecule has 15 heavy (non-hydrogen) atoms. The molecule has 78 valence electrons. The first-order valence-electron chi connectivity index (χ1n) is 4.04. The highest BCUT2D eigenvalue weighted by Crippen LogP contribution is 2.31. The zero-order valence-corrected chi connectivity index (χ0v) is 8.15. The van der Waals surface area contributed by atoms with Crippen LogP contribution in [-0.2, 0) is 0 Å². The summed E-state index contributed by atoms with van der Waals surface area (Å²) < 4.78 is 26.4. The average molecular weight is 230 g/mol. The molecule has 0 amide bonds. The lowest BCUT2D eigenvalue weighted by atomic mass is 10.1. The maximum absolute atomic E-state index is 13.5. The molecule has 0 saturated carbocycles. The van der Waals surface area contributed by atoms with E-state index in [9.17, 15) is 8.78 Å². The number of nitrogen functional groups attached to an aromatic ring is 1. The monoisotopic (exact) mass is 229 g/mol. The molecule has 0 radical (unpaired) electrons. The Bertz CT molecular complexity index is 510. The summed E-state index contributed by atoms with van der Waals surface area (Å²) in [5, 5.41) is 5.54. The van der Waals surface area contributed by atoms with Crippen molar-refractivity contribution < 1.29 is 8.78 Å². The molecule has 0 aliphatic rings. The van der Waals surface area contributed by atoms with Gasteiger partial charge in [0.2, 0.25) is 0 Å². The van der Waals surface area contributed by atoms with E-state index in [1.54, 1.807) is 0 Å². The van der Waals surface area contributed by atoms with Gasteiger partial charge in [-0.15, -0.1) is 0 Å². The van der Waals surface area contributed by atoms with Gasteiger partial charge in [0.05, 0.1) is 6.20 Å². The van der Waals surface area contributed by atoms with Gasteiger partial charge in [-0.25, -0.2) is 8.78 Å². The van der Waals surface area contributed by atoms with Crippen molar-refractivity contribution >= 4 is 17.4 Å². The van der Waals surface area contributed by atoms with Crippen LogP contribution in [0.4, 0.5) is 14.6 Å². The minimum absolute atomic E-state index is 0.118. The van der Waals surface area contributed by atoms with Crippen molar-refractivity contribution in [2.24, 2.45) is 0 Å². The molecule has 6 heteroatoms. The Morgan fingerprint density at radius 2 is 2.00 bits per heavy atom. The number of benzene rings is 1. The van der Waals surface area contributed by atoms with Crippen LogP contribution in [0, 0.1) is 11.6 Å². The maximum Gasteiger partial charge on any atom is 0.152 e. The molecule has 0 saturated heterocycles. The second-order valence-electron chi connectivity index (χ2n) is 2.92. The number of H-pyrrole nitrogens is 1. The number of nitrogens with two attached hydrogens (primary N) is 1. The first-order chi connectivity index (χ1) is 7.11. The summed E-state index contributed by atoms with van der Waals surface area (Å²) in [4.78, 5) is 0. The molecular formula is C9H6ClF2N3. The summed E-state index contributed by atoms with van der Waals surface area (Å²) in [5.74, 6) is -1.44. The Morgan fingerprint density at radius 1 is 1.27 bits per heavy atom. The molecule has 2 aromatic rings. The highest BCUT2D eigenvalue weighted by molar-refractivity contribution is 6.31. The molecule has 0 atom stereocenters. The molecule has 0 unspecified atom stereocenters. The highest BCUT2D eigenvalue weighted by Gasteiger charge is 2.15. The van der Waals surface area contributed by atoms with Crippen LogP contribution >= 0.6 is 11.6 Å². The van der Waals surface area contributed by atoms with Crippen LogP contribution in [0.25, 0.3) is 11.1 Å². The van der Waals surface area contributed by atoms with E-state index in [0.717, 1.165) is 6.07 Å². The molecule has 1 heterocycles. The quantitative estimate of drug-likeness (QED) is 0.739. The van der Waals surface area contributed by atoms with E-state index in [1.807, 2.05) is 0 Å². The van der Waals surface area contributed by atoms with Crippen molar-refractivity contribution in [3.05, 3.63) is 35.0 Å². The van der Waals surface area contributed by atoms with Crippen LogP contribution in [-0.4, -0.2) is 10.2 Å². The normalized spacial score (nSPS) is 10.6. The minimum atomic E-state index is -0.843. The Kier molecular flexibility index (Phi) is 2.32. The van der Waals surface area contributed by atoms with E-state index < -0.39 is 16.7 Å². The number of hydrogen-bond donors (Lipinski definition) is 2. The van der Waals surface area contributed by atoms with Crippen molar-refractivity contribution in [1.82, 2.24) is 10.2 Å². The van der Waals surface area contributed by atoms with Crippen molar-refractivity contribution in [2.75, 3.05) is 5.73 Å². The summed E-state index contributed by atoms with van der Waals surface area (Å²) in [6.07, 6.45) is 1.35. The van der Waals surface area contributed by atoms with Crippen LogP contribution in [0.15, 0.2) is 18.3 Å². The van der Waals surface area contributed by atoms with Gasteiger partial charge in [-0.3, -0.25) is 5.10 Å². The van der Waals surface area contributed by atoms with Gasteiger partial charge in [0.15, 0.2) is 5.82 Å². The van der Waals surface area contributed by atoms with Gasteiger partial charge in [0.1, 0.15) is 16.7 Å². The smallest absolute Gasteiger partial charge is 0.152 e.